The highest BCUT2D eigenvalue weighted by Crippen LogP contribution is 2.28. The van der Waals surface area contributed by atoms with Gasteiger partial charge >= 0.3 is 0 Å². The molecule has 152 valence electrons. The molecule has 0 aliphatic heterocycles. The van der Waals surface area contributed by atoms with Gasteiger partial charge in [-0.2, -0.15) is 8.42 Å². The van der Waals surface area contributed by atoms with E-state index in [9.17, 15) is 12.8 Å². The lowest BCUT2D eigenvalue weighted by molar-refractivity contribution is 0.307. The number of nitrogens with one attached hydrogen (secondary N) is 2. The van der Waals surface area contributed by atoms with E-state index in [4.69, 9.17) is 15.5 Å². The molecular weight excluding hydrogens is 457 g/mol. The van der Waals surface area contributed by atoms with E-state index in [0.717, 1.165) is 19.3 Å². The summed E-state index contributed by atoms with van der Waals surface area (Å²) < 4.78 is 42.7. The van der Waals surface area contributed by atoms with Crippen LogP contribution in [0, 0.1) is 11.7 Å². The molecular formula is C15H19BrFN7O3S. The predicted octanol–water partition coefficient (Wildman–Crippen LogP) is 1.38. The Labute approximate surface area is 169 Å². The maximum atomic E-state index is 13.3. The van der Waals surface area contributed by atoms with Gasteiger partial charge < -0.3 is 11.1 Å². The number of amidine groups is 1. The average molecular weight is 476 g/mol. The van der Waals surface area contributed by atoms with Crippen LogP contribution in [-0.4, -0.2) is 37.2 Å². The fourth-order valence-corrected chi connectivity index (χ4v) is 3.85. The zero-order chi connectivity index (χ0) is 20.3. The Morgan fingerprint density at radius 2 is 2.18 bits per heavy atom. The lowest BCUT2D eigenvalue weighted by Gasteiger charge is -2.13. The molecule has 1 saturated carbocycles. The summed E-state index contributed by atoms with van der Waals surface area (Å²) >= 11 is 3.09. The van der Waals surface area contributed by atoms with Crippen LogP contribution >= 0.6 is 15.9 Å². The highest BCUT2D eigenvalue weighted by atomic mass is 79.9. The molecule has 3 rings (SSSR count). The number of benzene rings is 1. The molecule has 13 heteroatoms. The third-order valence-electron chi connectivity index (χ3n) is 4.34. The summed E-state index contributed by atoms with van der Waals surface area (Å²) in [6.07, 6.45) is 2.36. The molecule has 1 aliphatic rings. The Hall–Kier alpha value is -2.09. The van der Waals surface area contributed by atoms with Crippen LogP contribution < -0.4 is 20.9 Å². The first kappa shape index (κ1) is 20.6. The van der Waals surface area contributed by atoms with Crippen molar-refractivity contribution >= 4 is 43.5 Å². The Kier molecular flexibility index (Phi) is 6.27. The second-order valence-corrected chi connectivity index (χ2v) is 8.70. The maximum absolute atomic E-state index is 13.3. The Balaban J connectivity index is 1.65. The van der Waals surface area contributed by atoms with E-state index < -0.39 is 16.0 Å². The number of nitrogens with zero attached hydrogens (tertiary/aromatic N) is 3. The normalized spacial score (nSPS) is 20.5. The van der Waals surface area contributed by atoms with Crippen molar-refractivity contribution in [1.29, 1.82) is 0 Å². The average Bonchev–Trinajstić information content (AvgIpc) is 3.25. The van der Waals surface area contributed by atoms with Gasteiger partial charge in [0.1, 0.15) is 5.82 Å². The molecule has 6 N–H and O–H groups in total. The van der Waals surface area contributed by atoms with Gasteiger partial charge in [-0.05, 0) is 69.6 Å². The van der Waals surface area contributed by atoms with Crippen LogP contribution in [0.5, 0.6) is 0 Å². The van der Waals surface area contributed by atoms with Crippen molar-refractivity contribution < 1.29 is 17.4 Å². The fourth-order valence-electron chi connectivity index (χ4n) is 3.02. The van der Waals surface area contributed by atoms with Crippen LogP contribution in [0.1, 0.15) is 25.0 Å². The highest BCUT2D eigenvalue weighted by molar-refractivity contribution is 9.10. The van der Waals surface area contributed by atoms with Gasteiger partial charge in [0, 0.05) is 12.6 Å². The molecule has 0 radical (unpaired) electrons. The third kappa shape index (κ3) is 5.47. The summed E-state index contributed by atoms with van der Waals surface area (Å²) in [6.45, 7) is 0.282. The smallest absolute Gasteiger partial charge is 0.274 e. The Bertz CT molecular complexity index is 982. The summed E-state index contributed by atoms with van der Waals surface area (Å²) in [4.78, 5) is 4.21. The van der Waals surface area contributed by atoms with E-state index in [1.165, 1.54) is 18.2 Å². The van der Waals surface area contributed by atoms with Crippen molar-refractivity contribution in [3.8, 4) is 0 Å². The fraction of sp³-hybridized carbons (Fsp3) is 0.400. The largest absolute Gasteiger partial charge is 0.382 e. The topological polar surface area (TPSA) is 162 Å². The van der Waals surface area contributed by atoms with E-state index in [-0.39, 0.29) is 34.5 Å². The van der Waals surface area contributed by atoms with Gasteiger partial charge in [0.15, 0.2) is 11.5 Å². The summed E-state index contributed by atoms with van der Waals surface area (Å²) in [5.74, 6) is 0.151. The summed E-state index contributed by atoms with van der Waals surface area (Å²) in [7, 11) is -3.70. The highest BCUT2D eigenvalue weighted by Gasteiger charge is 2.27. The molecule has 1 heterocycles. The van der Waals surface area contributed by atoms with Crippen LogP contribution in [0.4, 0.5) is 15.9 Å². The molecule has 2 atom stereocenters. The Morgan fingerprint density at radius 3 is 2.89 bits per heavy atom. The van der Waals surface area contributed by atoms with Crippen molar-refractivity contribution in [2.24, 2.45) is 21.8 Å². The van der Waals surface area contributed by atoms with Crippen molar-refractivity contribution in [3.63, 3.8) is 0 Å². The number of rotatable bonds is 7. The summed E-state index contributed by atoms with van der Waals surface area (Å²) in [5.41, 5.74) is 6.69. The maximum Gasteiger partial charge on any atom is 0.274 e. The quantitative estimate of drug-likeness (QED) is 0.347. The van der Waals surface area contributed by atoms with Crippen LogP contribution in [-0.2, 0) is 10.2 Å². The van der Waals surface area contributed by atoms with E-state index in [1.807, 2.05) is 0 Å². The molecule has 28 heavy (non-hydrogen) atoms. The molecule has 1 aromatic heterocycles. The molecule has 0 saturated heterocycles. The minimum Gasteiger partial charge on any atom is -0.382 e. The van der Waals surface area contributed by atoms with Crippen molar-refractivity contribution in [2.75, 3.05) is 11.9 Å². The van der Waals surface area contributed by atoms with Gasteiger partial charge in [0.25, 0.3) is 10.2 Å². The van der Waals surface area contributed by atoms with Crippen LogP contribution in [0.15, 0.2) is 32.3 Å². The van der Waals surface area contributed by atoms with E-state index >= 15 is 0 Å². The zero-order valence-corrected chi connectivity index (χ0v) is 17.0. The first-order valence-corrected chi connectivity index (χ1v) is 10.7. The Morgan fingerprint density at radius 1 is 1.39 bits per heavy atom. The van der Waals surface area contributed by atoms with Crippen LogP contribution in [0.2, 0.25) is 0 Å². The second kappa shape index (κ2) is 8.51. The SMILES string of the molecule is NC(=Nc1ccc(F)c(Br)c1)c1nonc1NC1CCC(CNS(N)(=O)=O)C1. The number of aliphatic imine (C=N–C) groups is 1. The number of halogens is 2. The second-order valence-electron chi connectivity index (χ2n) is 6.47. The molecule has 1 aliphatic carbocycles. The first-order valence-electron chi connectivity index (χ1n) is 8.37. The van der Waals surface area contributed by atoms with E-state index in [2.05, 4.69) is 41.3 Å². The van der Waals surface area contributed by atoms with Gasteiger partial charge in [-0.1, -0.05) is 0 Å². The molecule has 2 unspecified atom stereocenters. The standard InChI is InChI=1S/C15H19BrFN7O3S/c16-11-6-10(3-4-12(11)17)21-14(18)13-15(24-27-23-13)22-9-2-1-8(5-9)7-20-28(19,25)26/h3-4,6,8-9,20H,1-2,5,7H2,(H2,18,21)(H,22,24)(H2,19,25,26). The number of hydrogen-bond donors (Lipinski definition) is 4. The molecule has 1 aromatic carbocycles. The van der Waals surface area contributed by atoms with Gasteiger partial charge in [0.05, 0.1) is 10.2 Å². The molecule has 10 nitrogen and oxygen atoms in total. The molecule has 1 fully saturated rings. The minimum absolute atomic E-state index is 0.0469. The number of nitrogens with two attached hydrogens (primary N) is 2. The van der Waals surface area contributed by atoms with Crippen LogP contribution in [0.3, 0.4) is 0 Å². The van der Waals surface area contributed by atoms with Gasteiger partial charge in [-0.15, -0.1) is 0 Å². The molecule has 0 spiro atoms. The summed E-state index contributed by atoms with van der Waals surface area (Å²) in [6, 6.07) is 4.28. The van der Waals surface area contributed by atoms with Crippen molar-refractivity contribution in [3.05, 3.63) is 34.2 Å². The number of anilines is 1. The molecule has 0 bridgehead atoms. The van der Waals surface area contributed by atoms with Crippen molar-refractivity contribution in [1.82, 2.24) is 15.0 Å². The number of hydrogen-bond acceptors (Lipinski definition) is 7. The van der Waals surface area contributed by atoms with E-state index in [1.54, 1.807) is 0 Å². The minimum atomic E-state index is -3.70. The monoisotopic (exact) mass is 475 g/mol. The zero-order valence-electron chi connectivity index (χ0n) is 14.6. The molecule has 2 aromatic rings. The van der Waals surface area contributed by atoms with Crippen molar-refractivity contribution in [2.45, 2.75) is 25.3 Å². The van der Waals surface area contributed by atoms with Gasteiger partial charge in [0.2, 0.25) is 5.82 Å². The van der Waals surface area contributed by atoms with Gasteiger partial charge in [-0.3, -0.25) is 0 Å². The van der Waals surface area contributed by atoms with E-state index in [0.29, 0.717) is 11.5 Å². The number of aromatic nitrogens is 2. The van der Waals surface area contributed by atoms with Gasteiger partial charge in [-0.25, -0.2) is 23.9 Å². The summed E-state index contributed by atoms with van der Waals surface area (Å²) in [5, 5.41) is 15.8. The lowest BCUT2D eigenvalue weighted by atomic mass is 10.1. The first-order chi connectivity index (χ1) is 13.2. The third-order valence-corrected chi connectivity index (χ3v) is 5.52. The predicted molar refractivity (Wildman–Crippen MR) is 105 cm³/mol. The molecule has 0 amide bonds. The lowest BCUT2D eigenvalue weighted by Crippen LogP contribution is -2.34. The van der Waals surface area contributed by atoms with Crippen LogP contribution in [0.25, 0.3) is 0 Å².